The predicted octanol–water partition coefficient (Wildman–Crippen LogP) is 5.75. The Hall–Kier alpha value is -1.84. The number of hydrogen-bond acceptors (Lipinski definition) is 4. The molecule has 3 saturated carbocycles. The van der Waals surface area contributed by atoms with Gasteiger partial charge in [-0.2, -0.15) is 0 Å². The molecule has 0 bridgehead atoms. The summed E-state index contributed by atoms with van der Waals surface area (Å²) >= 11 is 0. The van der Waals surface area contributed by atoms with E-state index in [1.165, 1.54) is 12.5 Å². The molecular formula is C26H34O4. The van der Waals surface area contributed by atoms with E-state index in [0.29, 0.717) is 23.5 Å². The van der Waals surface area contributed by atoms with Crippen LogP contribution in [0.3, 0.4) is 0 Å². The van der Waals surface area contributed by atoms with Gasteiger partial charge in [-0.1, -0.05) is 25.5 Å². The Balaban J connectivity index is 1.59. The standard InChI is InChI=1S/C26H34O4/c1-15-5-7-22(29-15)19-14-17-13-18(30-16(2)27)9-11-25(17,3)21-10-12-26(4)20(24(19)21)6-8-23(26)28/h5,7,14,18-21,24H,6,8-13H2,1-4H3/t18?,19-,20?,21?,24?,25-,26-/m0/s1. The van der Waals surface area contributed by atoms with Crippen molar-refractivity contribution >= 4 is 11.8 Å². The topological polar surface area (TPSA) is 56.5 Å². The summed E-state index contributed by atoms with van der Waals surface area (Å²) < 4.78 is 11.8. The lowest BCUT2D eigenvalue weighted by atomic mass is 9.45. The Kier molecular flexibility index (Phi) is 4.57. The molecule has 0 N–H and O–H groups in total. The van der Waals surface area contributed by atoms with Crippen LogP contribution in [0, 0.1) is 35.5 Å². The number of esters is 1. The van der Waals surface area contributed by atoms with Crippen LogP contribution in [0.25, 0.3) is 0 Å². The zero-order valence-corrected chi connectivity index (χ0v) is 18.7. The van der Waals surface area contributed by atoms with Crippen LogP contribution < -0.4 is 0 Å². The highest BCUT2D eigenvalue weighted by molar-refractivity contribution is 5.87. The van der Waals surface area contributed by atoms with Crippen LogP contribution in [0.15, 0.2) is 28.2 Å². The quantitative estimate of drug-likeness (QED) is 0.460. The first-order valence-corrected chi connectivity index (χ1v) is 11.7. The van der Waals surface area contributed by atoms with Gasteiger partial charge in [0.2, 0.25) is 0 Å². The number of carbonyl (C=O) groups excluding carboxylic acids is 2. The minimum Gasteiger partial charge on any atom is -0.466 e. The third-order valence-electron chi connectivity index (χ3n) is 9.24. The van der Waals surface area contributed by atoms with E-state index in [1.807, 2.05) is 6.92 Å². The summed E-state index contributed by atoms with van der Waals surface area (Å²) in [6.45, 7) is 8.17. The van der Waals surface area contributed by atoms with Crippen LogP contribution >= 0.6 is 0 Å². The average molecular weight is 411 g/mol. The molecule has 0 saturated heterocycles. The van der Waals surface area contributed by atoms with Crippen LogP contribution in [0.2, 0.25) is 0 Å². The molecular weight excluding hydrogens is 376 g/mol. The van der Waals surface area contributed by atoms with Gasteiger partial charge in [0.05, 0.1) is 0 Å². The fourth-order valence-electron chi connectivity index (χ4n) is 7.66. The second-order valence-corrected chi connectivity index (χ2v) is 10.8. The lowest BCUT2D eigenvalue weighted by Gasteiger charge is -2.58. The molecule has 1 aromatic heterocycles. The predicted molar refractivity (Wildman–Crippen MR) is 114 cm³/mol. The van der Waals surface area contributed by atoms with Gasteiger partial charge >= 0.3 is 5.97 Å². The Morgan fingerprint density at radius 2 is 1.83 bits per heavy atom. The first kappa shape index (κ1) is 20.1. The fraction of sp³-hybridized carbons (Fsp3) is 0.692. The highest BCUT2D eigenvalue weighted by atomic mass is 16.5. The van der Waals surface area contributed by atoms with Crippen molar-refractivity contribution in [1.29, 1.82) is 0 Å². The van der Waals surface area contributed by atoms with E-state index in [9.17, 15) is 9.59 Å². The number of furan rings is 1. The fourth-order valence-corrected chi connectivity index (χ4v) is 7.66. The largest absolute Gasteiger partial charge is 0.466 e. The maximum absolute atomic E-state index is 12.9. The van der Waals surface area contributed by atoms with Gasteiger partial charge in [0.25, 0.3) is 0 Å². The van der Waals surface area contributed by atoms with Gasteiger partial charge in [-0.25, -0.2) is 0 Å². The maximum Gasteiger partial charge on any atom is 0.302 e. The average Bonchev–Trinajstić information content (AvgIpc) is 3.24. The molecule has 0 radical (unpaired) electrons. The normalized spacial score (nSPS) is 42.7. The van der Waals surface area contributed by atoms with Gasteiger partial charge in [-0.05, 0) is 74.3 Å². The molecule has 0 spiro atoms. The Morgan fingerprint density at radius 3 is 2.53 bits per heavy atom. The van der Waals surface area contributed by atoms with Crippen LogP contribution in [0.1, 0.15) is 83.2 Å². The summed E-state index contributed by atoms with van der Waals surface area (Å²) in [6.07, 6.45) is 9.11. The smallest absolute Gasteiger partial charge is 0.302 e. The van der Waals surface area contributed by atoms with Crippen molar-refractivity contribution in [3.05, 3.63) is 35.3 Å². The Bertz CT molecular complexity index is 910. The van der Waals surface area contributed by atoms with Gasteiger partial charge in [-0.15, -0.1) is 0 Å². The summed E-state index contributed by atoms with van der Waals surface area (Å²) in [5, 5.41) is 0. The molecule has 4 aliphatic rings. The van der Waals surface area contributed by atoms with E-state index < -0.39 is 0 Å². The molecule has 4 heteroatoms. The third-order valence-corrected chi connectivity index (χ3v) is 9.24. The number of ether oxygens (including phenoxy) is 1. The number of aryl methyl sites for hydroxylation is 1. The van der Waals surface area contributed by atoms with Crippen molar-refractivity contribution in [3.8, 4) is 0 Å². The van der Waals surface area contributed by atoms with Gasteiger partial charge in [0, 0.05) is 31.1 Å². The molecule has 1 heterocycles. The lowest BCUT2D eigenvalue weighted by Crippen LogP contribution is -2.52. The molecule has 4 aliphatic carbocycles. The van der Waals surface area contributed by atoms with Gasteiger partial charge in [-0.3, -0.25) is 9.59 Å². The van der Waals surface area contributed by atoms with Crippen LogP contribution in [0.5, 0.6) is 0 Å². The number of carbonyl (C=O) groups is 2. The van der Waals surface area contributed by atoms with E-state index in [-0.39, 0.29) is 28.8 Å². The molecule has 0 aromatic carbocycles. The summed E-state index contributed by atoms with van der Waals surface area (Å²) in [5.74, 6) is 3.90. The number of fused-ring (bicyclic) bond motifs is 5. The van der Waals surface area contributed by atoms with E-state index in [0.717, 1.165) is 56.5 Å². The monoisotopic (exact) mass is 410 g/mol. The molecule has 1 aromatic rings. The highest BCUT2D eigenvalue weighted by Gasteiger charge is 2.61. The van der Waals surface area contributed by atoms with Crippen molar-refractivity contribution < 1.29 is 18.7 Å². The van der Waals surface area contributed by atoms with E-state index in [1.54, 1.807) is 0 Å². The molecule has 30 heavy (non-hydrogen) atoms. The molecule has 0 aliphatic heterocycles. The second kappa shape index (κ2) is 6.83. The molecule has 0 amide bonds. The van der Waals surface area contributed by atoms with Crippen molar-refractivity contribution in [1.82, 2.24) is 0 Å². The SMILES string of the molecule is CC(=O)OC1CC[C@@]2(C)C(=C[C@@H](c3ccc(C)o3)C3C2CC[C@]2(C)C(=O)CCC32)C1. The Labute approximate surface area is 179 Å². The molecule has 5 rings (SSSR count). The van der Waals surface area contributed by atoms with Gasteiger partial charge < -0.3 is 9.15 Å². The molecule has 162 valence electrons. The number of allylic oxidation sites excluding steroid dienone is 1. The number of Topliss-reactive ketones (excluding diaryl/α,β-unsaturated/α-hetero) is 1. The minimum atomic E-state index is -0.186. The second-order valence-electron chi connectivity index (χ2n) is 10.8. The first-order chi connectivity index (χ1) is 14.2. The molecule has 7 atom stereocenters. The lowest BCUT2D eigenvalue weighted by molar-refractivity contribution is -0.148. The van der Waals surface area contributed by atoms with Crippen molar-refractivity contribution in [2.24, 2.45) is 28.6 Å². The first-order valence-electron chi connectivity index (χ1n) is 11.7. The van der Waals surface area contributed by atoms with E-state index in [4.69, 9.17) is 9.15 Å². The van der Waals surface area contributed by atoms with E-state index in [2.05, 4.69) is 32.1 Å². The molecule has 3 fully saturated rings. The van der Waals surface area contributed by atoms with Crippen LogP contribution in [-0.2, 0) is 14.3 Å². The van der Waals surface area contributed by atoms with Crippen LogP contribution in [0.4, 0.5) is 0 Å². The minimum absolute atomic E-state index is 0.0146. The summed E-state index contributed by atoms with van der Waals surface area (Å²) in [7, 11) is 0. The van der Waals surface area contributed by atoms with Crippen molar-refractivity contribution in [2.75, 3.05) is 0 Å². The number of rotatable bonds is 2. The number of hydrogen-bond donors (Lipinski definition) is 0. The molecule has 4 unspecified atom stereocenters. The maximum atomic E-state index is 12.9. The number of ketones is 1. The molecule has 4 nitrogen and oxygen atoms in total. The highest BCUT2D eigenvalue weighted by Crippen LogP contribution is 2.66. The van der Waals surface area contributed by atoms with Gasteiger partial charge in [0.15, 0.2) is 0 Å². The van der Waals surface area contributed by atoms with Gasteiger partial charge in [0.1, 0.15) is 23.4 Å². The summed E-state index contributed by atoms with van der Waals surface area (Å²) in [6, 6.07) is 4.19. The summed E-state index contributed by atoms with van der Waals surface area (Å²) in [4.78, 5) is 24.4. The zero-order chi connectivity index (χ0) is 21.3. The summed E-state index contributed by atoms with van der Waals surface area (Å²) in [5.41, 5.74) is 1.40. The Morgan fingerprint density at radius 1 is 1.10 bits per heavy atom. The van der Waals surface area contributed by atoms with Crippen molar-refractivity contribution in [2.45, 2.75) is 84.7 Å². The third kappa shape index (κ3) is 2.85. The van der Waals surface area contributed by atoms with Crippen molar-refractivity contribution in [3.63, 3.8) is 0 Å². The zero-order valence-electron chi connectivity index (χ0n) is 18.7. The van der Waals surface area contributed by atoms with E-state index >= 15 is 0 Å². The van der Waals surface area contributed by atoms with Crippen LogP contribution in [-0.4, -0.2) is 17.9 Å².